The molecule has 2 aromatic carbocycles. The SMILES string of the molecule is Cc1ccc(C2=NN(C(=O)CN3CCCC3)[C@H](c3ccccc3Cl)C2)c(C)c1. The van der Waals surface area contributed by atoms with Crippen LogP contribution in [0.25, 0.3) is 0 Å². The monoisotopic (exact) mass is 395 g/mol. The third-order valence-corrected chi connectivity index (χ3v) is 6.02. The van der Waals surface area contributed by atoms with Gasteiger partial charge in [-0.25, -0.2) is 5.01 Å². The fourth-order valence-corrected chi connectivity index (χ4v) is 4.49. The van der Waals surface area contributed by atoms with Crippen molar-refractivity contribution in [3.05, 3.63) is 69.7 Å². The van der Waals surface area contributed by atoms with Crippen molar-refractivity contribution in [3.63, 3.8) is 0 Å². The summed E-state index contributed by atoms with van der Waals surface area (Å²) in [5, 5.41) is 7.16. The number of amides is 1. The lowest BCUT2D eigenvalue weighted by atomic mass is 9.95. The number of hydrazone groups is 1. The first-order chi connectivity index (χ1) is 13.5. The van der Waals surface area contributed by atoms with Crippen molar-refractivity contribution < 1.29 is 4.79 Å². The van der Waals surface area contributed by atoms with E-state index in [2.05, 4.69) is 36.9 Å². The summed E-state index contributed by atoms with van der Waals surface area (Å²) in [7, 11) is 0. The average molecular weight is 396 g/mol. The molecule has 0 saturated carbocycles. The van der Waals surface area contributed by atoms with Crippen LogP contribution in [0.3, 0.4) is 0 Å². The zero-order chi connectivity index (χ0) is 19.7. The lowest BCUT2D eigenvalue weighted by Crippen LogP contribution is -2.37. The summed E-state index contributed by atoms with van der Waals surface area (Å²) in [5.41, 5.74) is 5.44. The first kappa shape index (κ1) is 19.2. The summed E-state index contributed by atoms with van der Waals surface area (Å²) >= 11 is 6.49. The van der Waals surface area contributed by atoms with Gasteiger partial charge < -0.3 is 0 Å². The van der Waals surface area contributed by atoms with E-state index in [1.165, 1.54) is 11.1 Å². The average Bonchev–Trinajstić information content (AvgIpc) is 3.32. The molecule has 2 aliphatic heterocycles. The van der Waals surface area contributed by atoms with Crippen LogP contribution in [0.1, 0.15) is 47.6 Å². The Kier molecular flexibility index (Phi) is 5.51. The van der Waals surface area contributed by atoms with Gasteiger partial charge in [0, 0.05) is 17.0 Å². The zero-order valence-electron chi connectivity index (χ0n) is 16.5. The number of rotatable bonds is 4. The Morgan fingerprint density at radius 3 is 2.61 bits per heavy atom. The van der Waals surface area contributed by atoms with Crippen LogP contribution < -0.4 is 0 Å². The van der Waals surface area contributed by atoms with Crippen molar-refractivity contribution in [2.45, 2.75) is 39.2 Å². The van der Waals surface area contributed by atoms with E-state index in [1.54, 1.807) is 5.01 Å². The molecule has 1 amide bonds. The van der Waals surface area contributed by atoms with Crippen molar-refractivity contribution in [3.8, 4) is 0 Å². The van der Waals surface area contributed by atoms with E-state index in [1.807, 2.05) is 24.3 Å². The van der Waals surface area contributed by atoms with Gasteiger partial charge >= 0.3 is 0 Å². The molecule has 0 unspecified atom stereocenters. The third-order valence-electron chi connectivity index (χ3n) is 5.68. The summed E-state index contributed by atoms with van der Waals surface area (Å²) < 4.78 is 0. The number of hydrogen-bond acceptors (Lipinski definition) is 3. The number of likely N-dealkylation sites (tertiary alicyclic amines) is 1. The molecule has 0 aromatic heterocycles. The van der Waals surface area contributed by atoms with Crippen LogP contribution in [-0.4, -0.2) is 41.2 Å². The van der Waals surface area contributed by atoms with Gasteiger partial charge in [0.15, 0.2) is 0 Å². The van der Waals surface area contributed by atoms with E-state index in [-0.39, 0.29) is 11.9 Å². The topological polar surface area (TPSA) is 35.9 Å². The number of hydrogen-bond donors (Lipinski definition) is 0. The van der Waals surface area contributed by atoms with Gasteiger partial charge in [-0.05, 0) is 57.0 Å². The molecule has 28 heavy (non-hydrogen) atoms. The van der Waals surface area contributed by atoms with Gasteiger partial charge in [0.2, 0.25) is 0 Å². The number of carbonyl (C=O) groups is 1. The minimum absolute atomic E-state index is 0.0478. The molecule has 1 atom stereocenters. The number of benzene rings is 2. The Morgan fingerprint density at radius 1 is 1.14 bits per heavy atom. The lowest BCUT2D eigenvalue weighted by Gasteiger charge is -2.25. The lowest BCUT2D eigenvalue weighted by molar-refractivity contribution is -0.134. The summed E-state index contributed by atoms with van der Waals surface area (Å²) in [6.07, 6.45) is 3.01. The second kappa shape index (κ2) is 8.06. The minimum Gasteiger partial charge on any atom is -0.294 e. The van der Waals surface area contributed by atoms with Crippen molar-refractivity contribution in [2.75, 3.05) is 19.6 Å². The highest BCUT2D eigenvalue weighted by Crippen LogP contribution is 2.37. The molecular weight excluding hydrogens is 370 g/mol. The Balaban J connectivity index is 1.67. The molecule has 146 valence electrons. The van der Waals surface area contributed by atoms with Gasteiger partial charge in [-0.3, -0.25) is 9.69 Å². The number of nitrogens with zero attached hydrogens (tertiary/aromatic N) is 3. The van der Waals surface area contributed by atoms with Crippen LogP contribution >= 0.6 is 11.6 Å². The van der Waals surface area contributed by atoms with Crippen LogP contribution in [0.2, 0.25) is 5.02 Å². The molecular formula is C23H26ClN3O. The van der Waals surface area contributed by atoms with Crippen molar-refractivity contribution in [2.24, 2.45) is 5.10 Å². The van der Waals surface area contributed by atoms with Crippen LogP contribution in [0, 0.1) is 13.8 Å². The first-order valence-electron chi connectivity index (χ1n) is 9.97. The van der Waals surface area contributed by atoms with Crippen molar-refractivity contribution >= 4 is 23.2 Å². The van der Waals surface area contributed by atoms with Gasteiger partial charge in [0.05, 0.1) is 18.3 Å². The second-order valence-electron chi connectivity index (χ2n) is 7.83. The maximum atomic E-state index is 13.1. The second-order valence-corrected chi connectivity index (χ2v) is 8.24. The Morgan fingerprint density at radius 2 is 1.89 bits per heavy atom. The highest BCUT2D eigenvalue weighted by molar-refractivity contribution is 6.31. The molecule has 2 aromatic rings. The number of carbonyl (C=O) groups excluding carboxylic acids is 1. The van der Waals surface area contributed by atoms with E-state index >= 15 is 0 Å². The maximum absolute atomic E-state index is 13.1. The maximum Gasteiger partial charge on any atom is 0.257 e. The summed E-state index contributed by atoms with van der Waals surface area (Å²) in [6, 6.07) is 14.0. The molecule has 1 fully saturated rings. The minimum atomic E-state index is -0.153. The number of aryl methyl sites for hydroxylation is 2. The molecule has 0 bridgehead atoms. The highest BCUT2D eigenvalue weighted by atomic mass is 35.5. The predicted octanol–water partition coefficient (Wildman–Crippen LogP) is 4.73. The fraction of sp³-hybridized carbons (Fsp3) is 0.391. The predicted molar refractivity (Wildman–Crippen MR) is 114 cm³/mol. The van der Waals surface area contributed by atoms with Crippen LogP contribution in [0.4, 0.5) is 0 Å². The van der Waals surface area contributed by atoms with Crippen LogP contribution in [0.15, 0.2) is 47.6 Å². The third kappa shape index (κ3) is 3.85. The van der Waals surface area contributed by atoms with E-state index < -0.39 is 0 Å². The van der Waals surface area contributed by atoms with Crippen LogP contribution in [-0.2, 0) is 4.79 Å². The van der Waals surface area contributed by atoms with Gasteiger partial charge in [-0.15, -0.1) is 0 Å². The molecule has 4 rings (SSSR count). The van der Waals surface area contributed by atoms with Crippen LogP contribution in [0.5, 0.6) is 0 Å². The van der Waals surface area contributed by atoms with Gasteiger partial charge in [0.25, 0.3) is 5.91 Å². The normalized spacial score (nSPS) is 19.9. The Bertz CT molecular complexity index is 918. The molecule has 2 aliphatic rings. The zero-order valence-corrected chi connectivity index (χ0v) is 17.2. The van der Waals surface area contributed by atoms with E-state index in [0.717, 1.165) is 42.8 Å². The van der Waals surface area contributed by atoms with E-state index in [9.17, 15) is 4.79 Å². The van der Waals surface area contributed by atoms with Gasteiger partial charge in [-0.1, -0.05) is 53.6 Å². The standard InChI is InChI=1S/C23H26ClN3O/c1-16-9-10-18(17(2)13-16)21-14-22(19-7-3-4-8-20(19)24)27(25-21)23(28)15-26-11-5-6-12-26/h3-4,7-10,13,22H,5-6,11-12,14-15H2,1-2H3/t22-/m0/s1. The summed E-state index contributed by atoms with van der Waals surface area (Å²) in [5.74, 6) is 0.0478. The van der Waals surface area contributed by atoms with Gasteiger partial charge in [0.1, 0.15) is 0 Å². The fourth-order valence-electron chi connectivity index (χ4n) is 4.23. The van der Waals surface area contributed by atoms with Crippen molar-refractivity contribution in [1.82, 2.24) is 9.91 Å². The molecule has 0 N–H and O–H groups in total. The molecule has 1 saturated heterocycles. The largest absolute Gasteiger partial charge is 0.294 e. The number of halogens is 1. The highest BCUT2D eigenvalue weighted by Gasteiger charge is 2.35. The van der Waals surface area contributed by atoms with E-state index in [4.69, 9.17) is 16.7 Å². The Hall–Kier alpha value is -2.17. The van der Waals surface area contributed by atoms with Gasteiger partial charge in [-0.2, -0.15) is 5.10 Å². The molecule has 0 aliphatic carbocycles. The molecule has 2 heterocycles. The van der Waals surface area contributed by atoms with E-state index in [0.29, 0.717) is 18.0 Å². The Labute approximate surface area is 171 Å². The quantitative estimate of drug-likeness (QED) is 0.750. The summed E-state index contributed by atoms with van der Waals surface area (Å²) in [4.78, 5) is 15.4. The first-order valence-corrected chi connectivity index (χ1v) is 10.3. The molecule has 5 heteroatoms. The molecule has 0 radical (unpaired) electrons. The molecule has 0 spiro atoms. The smallest absolute Gasteiger partial charge is 0.257 e. The summed E-state index contributed by atoms with van der Waals surface area (Å²) in [6.45, 7) is 6.59. The molecule has 4 nitrogen and oxygen atoms in total. The van der Waals surface area contributed by atoms with Crippen molar-refractivity contribution in [1.29, 1.82) is 0 Å².